The molecule has 4 nitrogen and oxygen atoms in total. The molecule has 2 aromatic rings. The minimum absolute atomic E-state index is 0.122. The van der Waals surface area contributed by atoms with Gasteiger partial charge in [-0.05, 0) is 43.1 Å². The summed E-state index contributed by atoms with van der Waals surface area (Å²) in [6, 6.07) is 13.1. The highest BCUT2D eigenvalue weighted by Gasteiger charge is 2.14. The number of nitrogens with one attached hydrogen (secondary N) is 1. The molecular formula is C16H17BrN2O2. The van der Waals surface area contributed by atoms with Crippen molar-refractivity contribution in [3.05, 3.63) is 73.7 Å². The molecule has 1 atom stereocenters. The van der Waals surface area contributed by atoms with Crippen molar-refractivity contribution in [2.75, 3.05) is 7.05 Å². The summed E-state index contributed by atoms with van der Waals surface area (Å²) < 4.78 is 1.07. The quantitative estimate of drug-likeness (QED) is 0.651. The molecule has 1 unspecified atom stereocenters. The van der Waals surface area contributed by atoms with Gasteiger partial charge in [0.2, 0.25) is 0 Å². The van der Waals surface area contributed by atoms with Gasteiger partial charge in [0.05, 0.1) is 4.92 Å². The Bertz CT molecular complexity index is 641. The Hall–Kier alpha value is -1.72. The third-order valence-electron chi connectivity index (χ3n) is 3.47. The average molecular weight is 349 g/mol. The van der Waals surface area contributed by atoms with Gasteiger partial charge in [-0.1, -0.05) is 40.2 Å². The highest BCUT2D eigenvalue weighted by atomic mass is 79.9. The molecule has 0 fully saturated rings. The first-order chi connectivity index (χ1) is 10.0. The van der Waals surface area contributed by atoms with Crippen LogP contribution in [0, 0.1) is 17.0 Å². The highest BCUT2D eigenvalue weighted by molar-refractivity contribution is 9.10. The fourth-order valence-corrected chi connectivity index (χ4v) is 3.04. The predicted octanol–water partition coefficient (Wildman–Crippen LogP) is 4.17. The number of aryl methyl sites for hydroxylation is 1. The number of benzene rings is 2. The molecule has 0 saturated heterocycles. The monoisotopic (exact) mass is 348 g/mol. The van der Waals surface area contributed by atoms with Crippen molar-refractivity contribution >= 4 is 21.6 Å². The maximum absolute atomic E-state index is 10.7. The van der Waals surface area contributed by atoms with E-state index in [1.807, 2.05) is 19.2 Å². The Morgan fingerprint density at radius 2 is 1.90 bits per heavy atom. The van der Waals surface area contributed by atoms with Crippen molar-refractivity contribution in [2.45, 2.75) is 19.4 Å². The third kappa shape index (κ3) is 3.89. The van der Waals surface area contributed by atoms with Crippen molar-refractivity contribution in [1.82, 2.24) is 5.32 Å². The summed E-state index contributed by atoms with van der Waals surface area (Å²) in [6.45, 7) is 2.05. The lowest BCUT2D eigenvalue weighted by Gasteiger charge is -2.18. The van der Waals surface area contributed by atoms with Crippen LogP contribution in [0.2, 0.25) is 0 Å². The average Bonchev–Trinajstić information content (AvgIpc) is 2.46. The maximum Gasteiger partial charge on any atom is 0.269 e. The van der Waals surface area contributed by atoms with Gasteiger partial charge in [-0.15, -0.1) is 0 Å². The summed E-state index contributed by atoms with van der Waals surface area (Å²) in [5.41, 5.74) is 3.57. The molecule has 110 valence electrons. The summed E-state index contributed by atoms with van der Waals surface area (Å²) in [5, 5.41) is 14.0. The first-order valence-electron chi connectivity index (χ1n) is 6.68. The van der Waals surface area contributed by atoms with Gasteiger partial charge in [-0.3, -0.25) is 10.1 Å². The van der Waals surface area contributed by atoms with E-state index in [4.69, 9.17) is 0 Å². The molecule has 0 aliphatic heterocycles. The Balaban J connectivity index is 2.20. The van der Waals surface area contributed by atoms with Crippen LogP contribution in [0.15, 0.2) is 46.9 Å². The minimum Gasteiger partial charge on any atom is -0.313 e. The molecule has 0 radical (unpaired) electrons. The molecule has 0 saturated carbocycles. The third-order valence-corrected chi connectivity index (χ3v) is 4.15. The molecule has 0 bridgehead atoms. The van der Waals surface area contributed by atoms with E-state index in [1.165, 1.54) is 11.1 Å². The first kappa shape index (κ1) is 15.7. The normalized spacial score (nSPS) is 12.1. The molecule has 2 rings (SSSR count). The van der Waals surface area contributed by atoms with Crippen LogP contribution < -0.4 is 5.32 Å². The first-order valence-corrected chi connectivity index (χ1v) is 7.47. The van der Waals surface area contributed by atoms with Gasteiger partial charge in [-0.25, -0.2) is 0 Å². The number of nitrogens with zero attached hydrogens (tertiary/aromatic N) is 1. The van der Waals surface area contributed by atoms with Crippen LogP contribution >= 0.6 is 15.9 Å². The number of non-ortho nitro benzene ring substituents is 1. The Labute approximate surface area is 132 Å². The molecule has 0 aliphatic carbocycles. The number of nitro benzene ring substituents is 1. The smallest absolute Gasteiger partial charge is 0.269 e. The Kier molecular flexibility index (Phi) is 5.09. The van der Waals surface area contributed by atoms with Crippen LogP contribution in [-0.4, -0.2) is 12.0 Å². The van der Waals surface area contributed by atoms with Crippen LogP contribution in [0.5, 0.6) is 0 Å². The summed E-state index contributed by atoms with van der Waals surface area (Å²) in [5.74, 6) is 0. The molecule has 2 aromatic carbocycles. The van der Waals surface area contributed by atoms with Gasteiger partial charge < -0.3 is 5.32 Å². The second-order valence-corrected chi connectivity index (χ2v) is 5.85. The topological polar surface area (TPSA) is 55.2 Å². The lowest BCUT2D eigenvalue weighted by molar-refractivity contribution is -0.384. The van der Waals surface area contributed by atoms with E-state index < -0.39 is 0 Å². The van der Waals surface area contributed by atoms with E-state index in [1.54, 1.807) is 12.1 Å². The van der Waals surface area contributed by atoms with Crippen molar-refractivity contribution in [1.29, 1.82) is 0 Å². The van der Waals surface area contributed by atoms with E-state index in [0.717, 1.165) is 16.5 Å². The molecule has 0 amide bonds. The molecule has 0 aromatic heterocycles. The number of likely N-dealkylation sites (N-methyl/N-ethyl adjacent to an activating group) is 1. The van der Waals surface area contributed by atoms with Crippen molar-refractivity contribution in [3.8, 4) is 0 Å². The van der Waals surface area contributed by atoms with Crippen molar-refractivity contribution in [3.63, 3.8) is 0 Å². The number of hydrogen-bond donors (Lipinski definition) is 1. The van der Waals surface area contributed by atoms with Gasteiger partial charge in [0.25, 0.3) is 5.69 Å². The predicted molar refractivity (Wildman–Crippen MR) is 87.5 cm³/mol. The number of halogens is 1. The van der Waals surface area contributed by atoms with Gasteiger partial charge in [0.15, 0.2) is 0 Å². The molecule has 5 heteroatoms. The van der Waals surface area contributed by atoms with E-state index in [2.05, 4.69) is 46.4 Å². The van der Waals surface area contributed by atoms with Crippen LogP contribution in [0.4, 0.5) is 5.69 Å². The van der Waals surface area contributed by atoms with Crippen molar-refractivity contribution < 1.29 is 4.92 Å². The maximum atomic E-state index is 10.7. The molecule has 0 spiro atoms. The zero-order chi connectivity index (χ0) is 15.4. The number of hydrogen-bond acceptors (Lipinski definition) is 3. The molecule has 0 heterocycles. The summed E-state index contributed by atoms with van der Waals surface area (Å²) >= 11 is 3.60. The lowest BCUT2D eigenvalue weighted by atomic mass is 9.98. The SMILES string of the molecule is CNC(Cc1ccc([N+](=O)[O-])cc1)c1ccc(C)cc1Br. The van der Waals surface area contributed by atoms with E-state index in [9.17, 15) is 10.1 Å². The van der Waals surface area contributed by atoms with Gasteiger partial charge in [-0.2, -0.15) is 0 Å². The van der Waals surface area contributed by atoms with Crippen LogP contribution in [0.1, 0.15) is 22.7 Å². The zero-order valence-electron chi connectivity index (χ0n) is 12.0. The van der Waals surface area contributed by atoms with Crippen LogP contribution in [0.25, 0.3) is 0 Å². The molecule has 1 N–H and O–H groups in total. The molecule has 0 aliphatic rings. The highest BCUT2D eigenvalue weighted by Crippen LogP contribution is 2.27. The minimum atomic E-state index is -0.379. The van der Waals surface area contributed by atoms with Gasteiger partial charge in [0, 0.05) is 22.6 Å². The van der Waals surface area contributed by atoms with Crippen LogP contribution in [0.3, 0.4) is 0 Å². The molecular weight excluding hydrogens is 332 g/mol. The Morgan fingerprint density at radius 3 is 2.43 bits per heavy atom. The number of nitro groups is 1. The standard InChI is InChI=1S/C16H17BrN2O2/c1-11-3-8-14(15(17)9-11)16(18-2)10-12-4-6-13(7-5-12)19(20)21/h3-9,16,18H,10H2,1-2H3. The fourth-order valence-electron chi connectivity index (χ4n) is 2.27. The second-order valence-electron chi connectivity index (χ2n) is 4.99. The van der Waals surface area contributed by atoms with E-state index in [0.29, 0.717) is 0 Å². The number of rotatable bonds is 5. The van der Waals surface area contributed by atoms with Crippen LogP contribution in [-0.2, 0) is 6.42 Å². The summed E-state index contributed by atoms with van der Waals surface area (Å²) in [7, 11) is 1.92. The van der Waals surface area contributed by atoms with E-state index in [-0.39, 0.29) is 16.7 Å². The van der Waals surface area contributed by atoms with Gasteiger partial charge in [0.1, 0.15) is 0 Å². The largest absolute Gasteiger partial charge is 0.313 e. The summed E-state index contributed by atoms with van der Waals surface area (Å²) in [4.78, 5) is 10.3. The second kappa shape index (κ2) is 6.83. The summed E-state index contributed by atoms with van der Waals surface area (Å²) in [6.07, 6.45) is 0.774. The van der Waals surface area contributed by atoms with E-state index >= 15 is 0 Å². The lowest BCUT2D eigenvalue weighted by Crippen LogP contribution is -2.19. The fraction of sp³-hybridized carbons (Fsp3) is 0.250. The van der Waals surface area contributed by atoms with Crippen molar-refractivity contribution in [2.24, 2.45) is 0 Å². The molecule has 21 heavy (non-hydrogen) atoms. The Morgan fingerprint density at radius 1 is 1.24 bits per heavy atom. The zero-order valence-corrected chi connectivity index (χ0v) is 13.6. The van der Waals surface area contributed by atoms with Gasteiger partial charge >= 0.3 is 0 Å².